The van der Waals surface area contributed by atoms with Crippen molar-refractivity contribution in [2.45, 2.75) is 32.7 Å². The van der Waals surface area contributed by atoms with Crippen LogP contribution in [0.2, 0.25) is 5.02 Å². The third-order valence-corrected chi connectivity index (χ3v) is 2.61. The maximum atomic E-state index is 6.05. The molecule has 0 unspecified atom stereocenters. The van der Waals surface area contributed by atoms with Crippen LogP contribution >= 0.6 is 11.6 Å². The SMILES string of the molecule is CC(C)CC[C@H](N)c1ccc(Cl)cc1. The van der Waals surface area contributed by atoms with Gasteiger partial charge in [-0.3, -0.25) is 0 Å². The van der Waals surface area contributed by atoms with E-state index in [-0.39, 0.29) is 6.04 Å². The predicted octanol–water partition coefficient (Wildman–Crippen LogP) is 3.78. The van der Waals surface area contributed by atoms with Gasteiger partial charge in [-0.05, 0) is 36.5 Å². The minimum absolute atomic E-state index is 0.148. The summed E-state index contributed by atoms with van der Waals surface area (Å²) in [5.74, 6) is 0.716. The summed E-state index contributed by atoms with van der Waals surface area (Å²) in [6.45, 7) is 4.43. The van der Waals surface area contributed by atoms with E-state index < -0.39 is 0 Å². The van der Waals surface area contributed by atoms with Crippen molar-refractivity contribution in [2.24, 2.45) is 11.7 Å². The molecule has 0 aromatic heterocycles. The van der Waals surface area contributed by atoms with E-state index in [1.165, 1.54) is 12.0 Å². The van der Waals surface area contributed by atoms with Crippen LogP contribution in [0.3, 0.4) is 0 Å². The van der Waals surface area contributed by atoms with Gasteiger partial charge in [0.15, 0.2) is 0 Å². The molecule has 0 saturated heterocycles. The lowest BCUT2D eigenvalue weighted by Gasteiger charge is -2.13. The van der Waals surface area contributed by atoms with Crippen LogP contribution in [0.25, 0.3) is 0 Å². The molecule has 0 amide bonds. The quantitative estimate of drug-likeness (QED) is 0.806. The normalized spacial score (nSPS) is 13.2. The zero-order valence-electron chi connectivity index (χ0n) is 8.83. The monoisotopic (exact) mass is 211 g/mol. The lowest BCUT2D eigenvalue weighted by Crippen LogP contribution is -2.10. The Labute approximate surface area is 91.3 Å². The molecule has 0 saturated carbocycles. The maximum Gasteiger partial charge on any atom is 0.0406 e. The summed E-state index contributed by atoms with van der Waals surface area (Å²) in [4.78, 5) is 0. The molecule has 0 radical (unpaired) electrons. The van der Waals surface area contributed by atoms with Crippen LogP contribution in [0.15, 0.2) is 24.3 Å². The molecule has 1 nitrogen and oxygen atoms in total. The molecule has 1 aromatic carbocycles. The van der Waals surface area contributed by atoms with E-state index in [2.05, 4.69) is 13.8 Å². The van der Waals surface area contributed by atoms with Crippen molar-refractivity contribution in [3.05, 3.63) is 34.9 Å². The first-order valence-electron chi connectivity index (χ1n) is 5.10. The van der Waals surface area contributed by atoms with Crippen LogP contribution in [0.5, 0.6) is 0 Å². The predicted molar refractivity (Wildman–Crippen MR) is 62.5 cm³/mol. The smallest absolute Gasteiger partial charge is 0.0406 e. The van der Waals surface area contributed by atoms with Gasteiger partial charge in [0.05, 0.1) is 0 Å². The molecular formula is C12H18ClN. The summed E-state index contributed by atoms with van der Waals surface area (Å²) < 4.78 is 0. The molecule has 2 heteroatoms. The Bertz CT molecular complexity index is 266. The van der Waals surface area contributed by atoms with Gasteiger partial charge < -0.3 is 5.73 Å². The average molecular weight is 212 g/mol. The average Bonchev–Trinajstić information content (AvgIpc) is 2.15. The van der Waals surface area contributed by atoms with Gasteiger partial charge in [0.25, 0.3) is 0 Å². The molecule has 0 aliphatic heterocycles. The van der Waals surface area contributed by atoms with E-state index in [1.807, 2.05) is 24.3 Å². The van der Waals surface area contributed by atoms with Crippen LogP contribution in [-0.4, -0.2) is 0 Å². The van der Waals surface area contributed by atoms with Crippen LogP contribution in [-0.2, 0) is 0 Å². The third kappa shape index (κ3) is 3.69. The van der Waals surface area contributed by atoms with Gasteiger partial charge in [-0.25, -0.2) is 0 Å². The number of hydrogen-bond donors (Lipinski definition) is 1. The fourth-order valence-corrected chi connectivity index (χ4v) is 1.52. The van der Waals surface area contributed by atoms with Gasteiger partial charge in [-0.15, -0.1) is 0 Å². The molecule has 0 aliphatic rings. The standard InChI is InChI=1S/C12H18ClN/c1-9(2)3-8-12(14)10-4-6-11(13)7-5-10/h4-7,9,12H,3,8,14H2,1-2H3/t12-/m0/s1. The minimum Gasteiger partial charge on any atom is -0.324 e. The molecule has 0 aliphatic carbocycles. The van der Waals surface area contributed by atoms with E-state index in [9.17, 15) is 0 Å². The van der Waals surface area contributed by atoms with Crippen molar-refractivity contribution < 1.29 is 0 Å². The Hall–Kier alpha value is -0.530. The summed E-state index contributed by atoms with van der Waals surface area (Å²) >= 11 is 5.80. The summed E-state index contributed by atoms with van der Waals surface area (Å²) in [6, 6.07) is 7.95. The molecule has 1 aromatic rings. The van der Waals surface area contributed by atoms with Gasteiger partial charge >= 0.3 is 0 Å². The fourth-order valence-electron chi connectivity index (χ4n) is 1.39. The second-order valence-corrected chi connectivity index (χ2v) is 4.57. The third-order valence-electron chi connectivity index (χ3n) is 2.35. The van der Waals surface area contributed by atoms with E-state index in [4.69, 9.17) is 17.3 Å². The van der Waals surface area contributed by atoms with Crippen molar-refractivity contribution in [2.75, 3.05) is 0 Å². The van der Waals surface area contributed by atoms with Crippen molar-refractivity contribution >= 4 is 11.6 Å². The first-order chi connectivity index (χ1) is 6.59. The highest BCUT2D eigenvalue weighted by atomic mass is 35.5. The van der Waals surface area contributed by atoms with Crippen LogP contribution in [0.1, 0.15) is 38.3 Å². The number of halogens is 1. The second-order valence-electron chi connectivity index (χ2n) is 4.13. The fraction of sp³-hybridized carbons (Fsp3) is 0.500. The summed E-state index contributed by atoms with van der Waals surface area (Å²) in [6.07, 6.45) is 2.21. The Balaban J connectivity index is 2.52. The summed E-state index contributed by atoms with van der Waals surface area (Å²) in [7, 11) is 0. The molecular weight excluding hydrogens is 194 g/mol. The van der Waals surface area contributed by atoms with Gasteiger partial charge in [-0.2, -0.15) is 0 Å². The number of hydrogen-bond acceptors (Lipinski definition) is 1. The number of benzene rings is 1. The van der Waals surface area contributed by atoms with E-state index in [0.717, 1.165) is 11.4 Å². The second kappa shape index (κ2) is 5.38. The van der Waals surface area contributed by atoms with E-state index in [0.29, 0.717) is 5.92 Å². The van der Waals surface area contributed by atoms with E-state index in [1.54, 1.807) is 0 Å². The van der Waals surface area contributed by atoms with Gasteiger partial charge in [0, 0.05) is 11.1 Å². The summed E-state index contributed by atoms with van der Waals surface area (Å²) in [5, 5.41) is 0.768. The largest absolute Gasteiger partial charge is 0.324 e. The Morgan fingerprint density at radius 1 is 1.14 bits per heavy atom. The van der Waals surface area contributed by atoms with Crippen molar-refractivity contribution in [3.63, 3.8) is 0 Å². The topological polar surface area (TPSA) is 26.0 Å². The van der Waals surface area contributed by atoms with Crippen molar-refractivity contribution in [3.8, 4) is 0 Å². The Kier molecular flexibility index (Phi) is 4.43. The zero-order chi connectivity index (χ0) is 10.6. The Morgan fingerprint density at radius 3 is 2.21 bits per heavy atom. The molecule has 2 N–H and O–H groups in total. The minimum atomic E-state index is 0.148. The molecule has 1 rings (SSSR count). The highest BCUT2D eigenvalue weighted by Gasteiger charge is 2.06. The highest BCUT2D eigenvalue weighted by Crippen LogP contribution is 2.20. The zero-order valence-corrected chi connectivity index (χ0v) is 9.59. The number of rotatable bonds is 4. The highest BCUT2D eigenvalue weighted by molar-refractivity contribution is 6.30. The molecule has 0 spiro atoms. The molecule has 14 heavy (non-hydrogen) atoms. The lowest BCUT2D eigenvalue weighted by atomic mass is 9.98. The molecule has 0 fully saturated rings. The van der Waals surface area contributed by atoms with Gasteiger partial charge in [-0.1, -0.05) is 37.6 Å². The molecule has 0 bridgehead atoms. The molecule has 1 atom stereocenters. The van der Waals surface area contributed by atoms with Crippen LogP contribution < -0.4 is 5.73 Å². The van der Waals surface area contributed by atoms with E-state index >= 15 is 0 Å². The van der Waals surface area contributed by atoms with Gasteiger partial charge in [0.2, 0.25) is 0 Å². The lowest BCUT2D eigenvalue weighted by molar-refractivity contribution is 0.507. The maximum absolute atomic E-state index is 6.05. The number of nitrogens with two attached hydrogens (primary N) is 1. The van der Waals surface area contributed by atoms with Gasteiger partial charge in [0.1, 0.15) is 0 Å². The van der Waals surface area contributed by atoms with Crippen molar-refractivity contribution in [1.29, 1.82) is 0 Å². The first kappa shape index (κ1) is 11.5. The van der Waals surface area contributed by atoms with Crippen LogP contribution in [0, 0.1) is 5.92 Å². The summed E-state index contributed by atoms with van der Waals surface area (Å²) in [5.41, 5.74) is 7.23. The first-order valence-corrected chi connectivity index (χ1v) is 5.48. The van der Waals surface area contributed by atoms with Crippen LogP contribution in [0.4, 0.5) is 0 Å². The molecule has 0 heterocycles. The Morgan fingerprint density at radius 2 is 1.71 bits per heavy atom. The molecule has 78 valence electrons. The van der Waals surface area contributed by atoms with Crippen molar-refractivity contribution in [1.82, 2.24) is 0 Å².